The molecule has 1 N–H and O–H groups in total. The van der Waals surface area contributed by atoms with E-state index in [-0.39, 0.29) is 6.10 Å². The van der Waals surface area contributed by atoms with Crippen LogP contribution < -0.4 is 0 Å². The normalized spacial score (nSPS) is 25.4. The molecule has 0 saturated carbocycles. The van der Waals surface area contributed by atoms with Crippen LogP contribution in [-0.2, 0) is 0 Å². The monoisotopic (exact) mass is 185 g/mol. The summed E-state index contributed by atoms with van der Waals surface area (Å²) in [6.07, 6.45) is 2.37. The van der Waals surface area contributed by atoms with Crippen LogP contribution in [0.1, 0.15) is 40.5 Å². The van der Waals surface area contributed by atoms with E-state index in [0.717, 1.165) is 13.1 Å². The van der Waals surface area contributed by atoms with E-state index in [9.17, 15) is 5.11 Å². The molecule has 1 unspecified atom stereocenters. The predicted molar refractivity (Wildman–Crippen MR) is 55.7 cm³/mol. The number of nitrogens with zero attached hydrogens (tertiary/aromatic N) is 1. The number of rotatable bonds is 3. The fourth-order valence-corrected chi connectivity index (χ4v) is 1.94. The van der Waals surface area contributed by atoms with Crippen molar-refractivity contribution in [3.05, 3.63) is 0 Å². The number of hydrogen-bond donors (Lipinski definition) is 1. The summed E-state index contributed by atoms with van der Waals surface area (Å²) in [4.78, 5) is 2.41. The zero-order chi connectivity index (χ0) is 10.1. The molecule has 0 radical (unpaired) electrons. The lowest BCUT2D eigenvalue weighted by molar-refractivity contribution is 0.0507. The molecule has 1 fully saturated rings. The first kappa shape index (κ1) is 11.0. The second-order valence-electron chi connectivity index (χ2n) is 5.17. The molecule has 2 heteroatoms. The average Bonchev–Trinajstić information content (AvgIpc) is 2.30. The third-order valence-corrected chi connectivity index (χ3v) is 3.25. The molecule has 0 spiro atoms. The molecular weight excluding hydrogens is 162 g/mol. The second kappa shape index (κ2) is 3.97. The quantitative estimate of drug-likeness (QED) is 0.725. The molecule has 1 rings (SSSR count). The molecule has 0 aromatic carbocycles. The first-order valence-electron chi connectivity index (χ1n) is 5.36. The van der Waals surface area contributed by atoms with E-state index >= 15 is 0 Å². The van der Waals surface area contributed by atoms with Crippen LogP contribution in [0.25, 0.3) is 0 Å². The van der Waals surface area contributed by atoms with Gasteiger partial charge in [-0.25, -0.2) is 0 Å². The summed E-state index contributed by atoms with van der Waals surface area (Å²) in [5, 5.41) is 9.78. The molecule has 1 heterocycles. The van der Waals surface area contributed by atoms with E-state index in [4.69, 9.17) is 0 Å². The Bertz CT molecular complexity index is 165. The lowest BCUT2D eigenvalue weighted by Gasteiger charge is -2.34. The topological polar surface area (TPSA) is 23.5 Å². The van der Waals surface area contributed by atoms with Gasteiger partial charge >= 0.3 is 0 Å². The van der Waals surface area contributed by atoms with Gasteiger partial charge in [0.25, 0.3) is 0 Å². The highest BCUT2D eigenvalue weighted by molar-refractivity contribution is 4.89. The van der Waals surface area contributed by atoms with Crippen molar-refractivity contribution >= 4 is 0 Å². The predicted octanol–water partition coefficient (Wildman–Crippen LogP) is 1.88. The van der Waals surface area contributed by atoms with Gasteiger partial charge in [0.2, 0.25) is 0 Å². The molecule has 0 aromatic rings. The summed E-state index contributed by atoms with van der Waals surface area (Å²) in [5.41, 5.74) is 0.301. The number of aliphatic hydroxyl groups excluding tert-OH is 1. The fourth-order valence-electron chi connectivity index (χ4n) is 1.94. The van der Waals surface area contributed by atoms with E-state index in [1.807, 2.05) is 0 Å². The van der Waals surface area contributed by atoms with Crippen molar-refractivity contribution in [1.82, 2.24) is 4.90 Å². The Balaban J connectivity index is 2.45. The maximum Gasteiger partial charge on any atom is 0.0690 e. The van der Waals surface area contributed by atoms with E-state index in [1.165, 1.54) is 12.8 Å². The Labute approximate surface area is 81.9 Å². The van der Waals surface area contributed by atoms with Crippen molar-refractivity contribution in [2.45, 2.75) is 52.2 Å². The number of aliphatic hydroxyl groups is 1. The van der Waals surface area contributed by atoms with Gasteiger partial charge in [0, 0.05) is 12.1 Å². The summed E-state index contributed by atoms with van der Waals surface area (Å²) in [6, 6.07) is 0. The Morgan fingerprint density at radius 1 is 1.38 bits per heavy atom. The zero-order valence-corrected chi connectivity index (χ0v) is 9.38. The molecule has 78 valence electrons. The summed E-state index contributed by atoms with van der Waals surface area (Å²) < 4.78 is 0. The standard InChI is InChI=1S/C11H23NO/c1-9(2)10(13)8-12-7-5-6-11(12,3)4/h9-10,13H,5-8H2,1-4H3. The van der Waals surface area contributed by atoms with Gasteiger partial charge in [-0.3, -0.25) is 4.90 Å². The van der Waals surface area contributed by atoms with Crippen LogP contribution >= 0.6 is 0 Å². The first-order chi connectivity index (χ1) is 5.93. The van der Waals surface area contributed by atoms with Crippen LogP contribution in [0.3, 0.4) is 0 Å². The molecule has 0 amide bonds. The van der Waals surface area contributed by atoms with Gasteiger partial charge < -0.3 is 5.11 Å². The Morgan fingerprint density at radius 3 is 2.38 bits per heavy atom. The SMILES string of the molecule is CC(C)C(O)CN1CCCC1(C)C. The molecule has 1 atom stereocenters. The molecule has 1 aliphatic heterocycles. The van der Waals surface area contributed by atoms with Crippen molar-refractivity contribution in [2.24, 2.45) is 5.92 Å². The highest BCUT2D eigenvalue weighted by Gasteiger charge is 2.33. The van der Waals surface area contributed by atoms with Crippen LogP contribution in [0, 0.1) is 5.92 Å². The van der Waals surface area contributed by atoms with Gasteiger partial charge in [-0.05, 0) is 39.2 Å². The van der Waals surface area contributed by atoms with Crippen molar-refractivity contribution in [3.8, 4) is 0 Å². The average molecular weight is 185 g/mol. The highest BCUT2D eigenvalue weighted by Crippen LogP contribution is 2.28. The second-order valence-corrected chi connectivity index (χ2v) is 5.17. The third kappa shape index (κ3) is 2.68. The largest absolute Gasteiger partial charge is 0.392 e. The van der Waals surface area contributed by atoms with Gasteiger partial charge in [-0.2, -0.15) is 0 Å². The van der Waals surface area contributed by atoms with Gasteiger partial charge in [-0.15, -0.1) is 0 Å². The van der Waals surface area contributed by atoms with Crippen LogP contribution in [0.2, 0.25) is 0 Å². The summed E-state index contributed by atoms with van der Waals surface area (Å²) in [5.74, 6) is 0.372. The highest BCUT2D eigenvalue weighted by atomic mass is 16.3. The molecule has 0 aromatic heterocycles. The van der Waals surface area contributed by atoms with Gasteiger partial charge in [0.15, 0.2) is 0 Å². The maximum absolute atomic E-state index is 9.78. The van der Waals surface area contributed by atoms with Crippen LogP contribution in [0.15, 0.2) is 0 Å². The van der Waals surface area contributed by atoms with E-state index in [1.54, 1.807) is 0 Å². The van der Waals surface area contributed by atoms with E-state index in [2.05, 4.69) is 32.6 Å². The molecule has 2 nitrogen and oxygen atoms in total. The van der Waals surface area contributed by atoms with Crippen molar-refractivity contribution in [3.63, 3.8) is 0 Å². The lowest BCUT2D eigenvalue weighted by atomic mass is 10.0. The third-order valence-electron chi connectivity index (χ3n) is 3.25. The minimum Gasteiger partial charge on any atom is -0.392 e. The molecule has 1 saturated heterocycles. The van der Waals surface area contributed by atoms with E-state index < -0.39 is 0 Å². The smallest absolute Gasteiger partial charge is 0.0690 e. The lowest BCUT2D eigenvalue weighted by Crippen LogP contribution is -2.43. The maximum atomic E-state index is 9.78. The molecule has 13 heavy (non-hydrogen) atoms. The van der Waals surface area contributed by atoms with Crippen molar-refractivity contribution in [2.75, 3.05) is 13.1 Å². The number of hydrogen-bond acceptors (Lipinski definition) is 2. The molecule has 0 aliphatic carbocycles. The van der Waals surface area contributed by atoms with Crippen LogP contribution in [0.5, 0.6) is 0 Å². The number of β-amino-alcohol motifs (C(OH)–C–C–N with tert-alkyl or cyclic N) is 1. The van der Waals surface area contributed by atoms with Crippen LogP contribution in [0.4, 0.5) is 0 Å². The Hall–Kier alpha value is -0.0800. The van der Waals surface area contributed by atoms with Crippen LogP contribution in [-0.4, -0.2) is 34.7 Å². The summed E-state index contributed by atoms with van der Waals surface area (Å²) in [6.45, 7) is 10.7. The Kier molecular flexibility index (Phi) is 3.36. The van der Waals surface area contributed by atoms with Crippen molar-refractivity contribution in [1.29, 1.82) is 0 Å². The summed E-state index contributed by atoms with van der Waals surface area (Å²) in [7, 11) is 0. The first-order valence-corrected chi connectivity index (χ1v) is 5.36. The van der Waals surface area contributed by atoms with Gasteiger partial charge in [0.1, 0.15) is 0 Å². The molecular formula is C11H23NO. The number of likely N-dealkylation sites (tertiary alicyclic amines) is 1. The minimum atomic E-state index is -0.169. The van der Waals surface area contributed by atoms with Crippen molar-refractivity contribution < 1.29 is 5.11 Å². The zero-order valence-electron chi connectivity index (χ0n) is 9.38. The van der Waals surface area contributed by atoms with Gasteiger partial charge in [0.05, 0.1) is 6.10 Å². The molecule has 1 aliphatic rings. The van der Waals surface area contributed by atoms with Gasteiger partial charge in [-0.1, -0.05) is 13.8 Å². The van der Waals surface area contributed by atoms with E-state index in [0.29, 0.717) is 11.5 Å². The Morgan fingerprint density at radius 2 is 2.00 bits per heavy atom. The fraction of sp³-hybridized carbons (Fsp3) is 1.00. The minimum absolute atomic E-state index is 0.169. The molecule has 0 bridgehead atoms. The summed E-state index contributed by atoms with van der Waals surface area (Å²) >= 11 is 0.